The zero-order valence-electron chi connectivity index (χ0n) is 14.4. The van der Waals surface area contributed by atoms with E-state index in [0.717, 1.165) is 37.6 Å². The molecule has 4 rings (SSSR count). The van der Waals surface area contributed by atoms with Gasteiger partial charge in [-0.1, -0.05) is 6.42 Å². The average Bonchev–Trinajstić information content (AvgIpc) is 3.24. The molecule has 0 bridgehead atoms. The first kappa shape index (κ1) is 15.6. The largest absolute Gasteiger partial charge is 0.374 e. The molecule has 1 aromatic heterocycles. The molecular weight excluding hydrogens is 288 g/mol. The van der Waals surface area contributed by atoms with E-state index in [0.29, 0.717) is 6.04 Å². The van der Waals surface area contributed by atoms with Gasteiger partial charge >= 0.3 is 0 Å². The summed E-state index contributed by atoms with van der Waals surface area (Å²) in [7, 11) is 4.29. The molecule has 3 aliphatic rings. The van der Waals surface area contributed by atoms with E-state index in [1.807, 2.05) is 12.5 Å². The molecule has 2 aliphatic carbocycles. The molecule has 2 heterocycles. The second-order valence-corrected chi connectivity index (χ2v) is 7.73. The Kier molecular flexibility index (Phi) is 4.43. The van der Waals surface area contributed by atoms with Gasteiger partial charge in [0.15, 0.2) is 0 Å². The lowest BCUT2D eigenvalue weighted by molar-refractivity contribution is -0.0658. The fourth-order valence-corrected chi connectivity index (χ4v) is 4.33. The number of morpholine rings is 1. The van der Waals surface area contributed by atoms with Crippen LogP contribution in [0.25, 0.3) is 0 Å². The van der Waals surface area contributed by atoms with E-state index in [9.17, 15) is 0 Å². The fourth-order valence-electron chi connectivity index (χ4n) is 4.33. The molecule has 2 saturated carbocycles. The Balaban J connectivity index is 1.44. The summed E-state index contributed by atoms with van der Waals surface area (Å²) in [6, 6.07) is 1.02. The summed E-state index contributed by atoms with van der Waals surface area (Å²) in [5.41, 5.74) is 1.26. The van der Waals surface area contributed by atoms with Gasteiger partial charge in [0.05, 0.1) is 30.8 Å². The van der Waals surface area contributed by atoms with Gasteiger partial charge < -0.3 is 14.6 Å². The minimum atomic E-state index is 0.213. The van der Waals surface area contributed by atoms with Gasteiger partial charge in [0, 0.05) is 32.4 Å². The summed E-state index contributed by atoms with van der Waals surface area (Å²) in [5, 5.41) is 3.90. The van der Waals surface area contributed by atoms with Crippen LogP contribution in [0.3, 0.4) is 0 Å². The van der Waals surface area contributed by atoms with Crippen LogP contribution in [0.4, 0.5) is 0 Å². The van der Waals surface area contributed by atoms with Crippen molar-refractivity contribution in [3.05, 3.63) is 18.2 Å². The maximum atomic E-state index is 6.18. The number of imidazole rings is 1. The normalized spacial score (nSPS) is 31.0. The van der Waals surface area contributed by atoms with Crippen molar-refractivity contribution in [3.8, 4) is 0 Å². The van der Waals surface area contributed by atoms with Crippen LogP contribution in [-0.4, -0.2) is 53.3 Å². The SMILES string of the molecule is CN1CCO[C@@H](CNC(C2CCC2)C2CC2)[C@@H]1c1cncn1C. The van der Waals surface area contributed by atoms with Gasteiger partial charge in [-0.2, -0.15) is 0 Å². The Hall–Kier alpha value is -0.910. The van der Waals surface area contributed by atoms with Crippen LogP contribution < -0.4 is 5.32 Å². The van der Waals surface area contributed by atoms with Gasteiger partial charge in [0.2, 0.25) is 0 Å². The number of likely N-dealkylation sites (N-methyl/N-ethyl adjacent to an activating group) is 1. The number of aryl methyl sites for hydroxylation is 1. The van der Waals surface area contributed by atoms with Crippen LogP contribution in [0.2, 0.25) is 0 Å². The maximum Gasteiger partial charge on any atom is 0.0946 e. The van der Waals surface area contributed by atoms with Gasteiger partial charge in [-0.15, -0.1) is 0 Å². The van der Waals surface area contributed by atoms with Crippen LogP contribution in [0, 0.1) is 11.8 Å². The summed E-state index contributed by atoms with van der Waals surface area (Å²) in [6.45, 7) is 2.77. The molecule has 1 saturated heterocycles. The van der Waals surface area contributed by atoms with E-state index >= 15 is 0 Å². The van der Waals surface area contributed by atoms with E-state index in [-0.39, 0.29) is 6.10 Å². The van der Waals surface area contributed by atoms with Crippen LogP contribution >= 0.6 is 0 Å². The van der Waals surface area contributed by atoms with Crippen LogP contribution in [0.15, 0.2) is 12.5 Å². The molecule has 1 unspecified atom stereocenters. The molecule has 0 amide bonds. The number of rotatable bonds is 6. The predicted molar refractivity (Wildman–Crippen MR) is 90.2 cm³/mol. The van der Waals surface area contributed by atoms with Gasteiger partial charge in [-0.3, -0.25) is 4.90 Å². The van der Waals surface area contributed by atoms with E-state index in [1.54, 1.807) is 0 Å². The summed E-state index contributed by atoms with van der Waals surface area (Å²) < 4.78 is 8.31. The van der Waals surface area contributed by atoms with Crippen molar-refractivity contribution in [1.29, 1.82) is 0 Å². The quantitative estimate of drug-likeness (QED) is 0.871. The standard InChI is InChI=1S/C18H30N4O/c1-21-8-9-23-16(18(21)15-10-19-12-22(15)2)11-20-17(14-6-7-14)13-4-3-5-13/h10,12-14,16-18,20H,3-9,11H2,1-2H3/t16-,17?,18-/m0/s1. The summed E-state index contributed by atoms with van der Waals surface area (Å²) in [5.74, 6) is 1.84. The zero-order valence-corrected chi connectivity index (χ0v) is 14.4. The molecule has 1 aromatic rings. The molecule has 5 nitrogen and oxygen atoms in total. The lowest BCUT2D eigenvalue weighted by Gasteiger charge is -2.41. The lowest BCUT2D eigenvalue weighted by Crippen LogP contribution is -2.51. The van der Waals surface area contributed by atoms with E-state index in [4.69, 9.17) is 4.74 Å². The molecule has 0 spiro atoms. The first-order valence-corrected chi connectivity index (χ1v) is 9.25. The smallest absolute Gasteiger partial charge is 0.0946 e. The van der Waals surface area contributed by atoms with Crippen molar-refractivity contribution in [2.75, 3.05) is 26.7 Å². The summed E-state index contributed by atoms with van der Waals surface area (Å²) in [4.78, 5) is 6.73. The van der Waals surface area contributed by atoms with Gasteiger partial charge in [-0.05, 0) is 44.6 Å². The Morgan fingerprint density at radius 3 is 2.65 bits per heavy atom. The molecule has 5 heteroatoms. The Morgan fingerprint density at radius 1 is 1.26 bits per heavy atom. The molecule has 23 heavy (non-hydrogen) atoms. The van der Waals surface area contributed by atoms with Crippen molar-refractivity contribution in [2.24, 2.45) is 18.9 Å². The molecule has 3 atom stereocenters. The van der Waals surface area contributed by atoms with E-state index in [2.05, 4.69) is 33.9 Å². The van der Waals surface area contributed by atoms with Crippen molar-refractivity contribution in [2.45, 2.75) is 50.3 Å². The molecular formula is C18H30N4O. The molecule has 0 radical (unpaired) electrons. The van der Waals surface area contributed by atoms with Crippen LogP contribution in [-0.2, 0) is 11.8 Å². The Labute approximate surface area is 139 Å². The van der Waals surface area contributed by atoms with Crippen molar-refractivity contribution in [3.63, 3.8) is 0 Å². The highest BCUT2D eigenvalue weighted by molar-refractivity contribution is 5.09. The van der Waals surface area contributed by atoms with Gasteiger partial charge in [0.25, 0.3) is 0 Å². The maximum absolute atomic E-state index is 6.18. The lowest BCUT2D eigenvalue weighted by atomic mass is 9.78. The third kappa shape index (κ3) is 3.19. The number of nitrogens with one attached hydrogen (secondary N) is 1. The van der Waals surface area contributed by atoms with Crippen molar-refractivity contribution in [1.82, 2.24) is 19.8 Å². The zero-order chi connectivity index (χ0) is 15.8. The molecule has 1 aliphatic heterocycles. The monoisotopic (exact) mass is 318 g/mol. The van der Waals surface area contributed by atoms with Crippen LogP contribution in [0.1, 0.15) is 43.8 Å². The predicted octanol–water partition coefficient (Wildman–Crippen LogP) is 1.96. The highest BCUT2D eigenvalue weighted by atomic mass is 16.5. The van der Waals surface area contributed by atoms with Crippen molar-refractivity contribution >= 4 is 0 Å². The van der Waals surface area contributed by atoms with E-state index < -0.39 is 0 Å². The molecule has 0 aromatic carbocycles. The molecule has 3 fully saturated rings. The Bertz CT molecular complexity index is 523. The fraction of sp³-hybridized carbons (Fsp3) is 0.833. The second-order valence-electron chi connectivity index (χ2n) is 7.73. The van der Waals surface area contributed by atoms with Gasteiger partial charge in [-0.25, -0.2) is 4.98 Å². The highest BCUT2D eigenvalue weighted by Gasteiger charge is 2.40. The number of aromatic nitrogens is 2. The van der Waals surface area contributed by atoms with Crippen molar-refractivity contribution < 1.29 is 4.74 Å². The number of ether oxygens (including phenoxy) is 1. The minimum absolute atomic E-state index is 0.213. The summed E-state index contributed by atoms with van der Waals surface area (Å²) >= 11 is 0. The average molecular weight is 318 g/mol. The van der Waals surface area contributed by atoms with E-state index in [1.165, 1.54) is 37.8 Å². The topological polar surface area (TPSA) is 42.3 Å². The molecule has 128 valence electrons. The number of hydrogen-bond donors (Lipinski definition) is 1. The van der Waals surface area contributed by atoms with Crippen LogP contribution in [0.5, 0.6) is 0 Å². The highest BCUT2D eigenvalue weighted by Crippen LogP contribution is 2.42. The third-order valence-corrected chi connectivity index (χ3v) is 6.10. The Morgan fingerprint density at radius 2 is 2.04 bits per heavy atom. The second kappa shape index (κ2) is 6.54. The minimum Gasteiger partial charge on any atom is -0.374 e. The van der Waals surface area contributed by atoms with Gasteiger partial charge in [0.1, 0.15) is 0 Å². The third-order valence-electron chi connectivity index (χ3n) is 6.10. The first-order chi connectivity index (χ1) is 11.2. The molecule has 1 N–H and O–H groups in total. The number of nitrogens with zero attached hydrogens (tertiary/aromatic N) is 3. The number of hydrogen-bond acceptors (Lipinski definition) is 4. The summed E-state index contributed by atoms with van der Waals surface area (Å²) in [6.07, 6.45) is 11.2. The first-order valence-electron chi connectivity index (χ1n) is 9.25.